The van der Waals surface area contributed by atoms with Crippen LogP contribution in [-0.2, 0) is 0 Å². The SMILES string of the molecule is CC(C)c1ccc2cnn(C(C)CO)c2c1. The van der Waals surface area contributed by atoms with E-state index in [1.54, 1.807) is 0 Å². The summed E-state index contributed by atoms with van der Waals surface area (Å²) in [5.41, 5.74) is 2.41. The van der Waals surface area contributed by atoms with Gasteiger partial charge in [-0.2, -0.15) is 5.10 Å². The minimum atomic E-state index is 0.0277. The predicted octanol–water partition coefficient (Wildman–Crippen LogP) is 2.71. The molecule has 0 aliphatic heterocycles. The summed E-state index contributed by atoms with van der Waals surface area (Å²) in [5, 5.41) is 14.6. The first-order chi connectivity index (χ1) is 7.63. The minimum Gasteiger partial charge on any atom is -0.394 e. The molecule has 3 heteroatoms. The van der Waals surface area contributed by atoms with Crippen molar-refractivity contribution < 1.29 is 5.11 Å². The number of hydrogen-bond donors (Lipinski definition) is 1. The topological polar surface area (TPSA) is 38.0 Å². The first-order valence-corrected chi connectivity index (χ1v) is 5.71. The number of nitrogens with zero attached hydrogens (tertiary/aromatic N) is 2. The van der Waals surface area contributed by atoms with Crippen LogP contribution in [0.3, 0.4) is 0 Å². The maximum Gasteiger partial charge on any atom is 0.0729 e. The van der Waals surface area contributed by atoms with E-state index in [1.807, 2.05) is 17.8 Å². The summed E-state index contributed by atoms with van der Waals surface area (Å²) in [6.07, 6.45) is 1.85. The molecule has 2 aromatic rings. The molecule has 1 aromatic carbocycles. The first-order valence-electron chi connectivity index (χ1n) is 5.71. The second kappa shape index (κ2) is 4.26. The van der Waals surface area contributed by atoms with Gasteiger partial charge >= 0.3 is 0 Å². The Morgan fingerprint density at radius 2 is 2.06 bits per heavy atom. The highest BCUT2D eigenvalue weighted by atomic mass is 16.3. The Bertz CT molecular complexity index is 488. The standard InChI is InChI=1S/C13H18N2O/c1-9(2)11-4-5-12-7-14-15(10(3)8-16)13(12)6-11/h4-7,9-10,16H,8H2,1-3H3. The third-order valence-electron chi connectivity index (χ3n) is 2.97. The summed E-state index contributed by atoms with van der Waals surface area (Å²) >= 11 is 0. The van der Waals surface area contributed by atoms with Crippen molar-refractivity contribution in [2.45, 2.75) is 32.7 Å². The van der Waals surface area contributed by atoms with Crippen LogP contribution in [0.5, 0.6) is 0 Å². The molecule has 86 valence electrons. The Morgan fingerprint density at radius 3 is 2.69 bits per heavy atom. The maximum atomic E-state index is 9.18. The van der Waals surface area contributed by atoms with Crippen LogP contribution in [-0.4, -0.2) is 21.5 Å². The van der Waals surface area contributed by atoms with Crippen molar-refractivity contribution in [2.24, 2.45) is 0 Å². The minimum absolute atomic E-state index is 0.0277. The fourth-order valence-corrected chi connectivity index (χ4v) is 1.84. The lowest BCUT2D eigenvalue weighted by Gasteiger charge is -2.11. The first kappa shape index (κ1) is 11.1. The van der Waals surface area contributed by atoms with Crippen LogP contribution in [0.4, 0.5) is 0 Å². The van der Waals surface area contributed by atoms with Crippen LogP contribution >= 0.6 is 0 Å². The molecule has 0 amide bonds. The molecule has 0 aliphatic carbocycles. The zero-order chi connectivity index (χ0) is 11.7. The van der Waals surface area contributed by atoms with Gasteiger partial charge in [-0.25, -0.2) is 0 Å². The zero-order valence-electron chi connectivity index (χ0n) is 10.0. The highest BCUT2D eigenvalue weighted by Gasteiger charge is 2.10. The fraction of sp³-hybridized carbons (Fsp3) is 0.462. The van der Waals surface area contributed by atoms with Crippen molar-refractivity contribution in [1.29, 1.82) is 0 Å². The Balaban J connectivity index is 2.55. The van der Waals surface area contributed by atoms with E-state index in [4.69, 9.17) is 0 Å². The predicted molar refractivity (Wildman–Crippen MR) is 65.6 cm³/mol. The van der Waals surface area contributed by atoms with Crippen molar-refractivity contribution in [1.82, 2.24) is 9.78 Å². The number of aliphatic hydroxyl groups is 1. The monoisotopic (exact) mass is 218 g/mol. The second-order valence-corrected chi connectivity index (χ2v) is 4.59. The van der Waals surface area contributed by atoms with Gasteiger partial charge < -0.3 is 5.11 Å². The van der Waals surface area contributed by atoms with Crippen molar-refractivity contribution in [3.05, 3.63) is 30.0 Å². The number of aromatic nitrogens is 2. The van der Waals surface area contributed by atoms with Gasteiger partial charge in [0, 0.05) is 5.39 Å². The van der Waals surface area contributed by atoms with E-state index >= 15 is 0 Å². The molecule has 1 atom stereocenters. The van der Waals surface area contributed by atoms with E-state index in [1.165, 1.54) is 5.56 Å². The quantitative estimate of drug-likeness (QED) is 0.860. The van der Waals surface area contributed by atoms with Gasteiger partial charge in [0.2, 0.25) is 0 Å². The number of fused-ring (bicyclic) bond motifs is 1. The van der Waals surface area contributed by atoms with Crippen molar-refractivity contribution in [2.75, 3.05) is 6.61 Å². The molecular weight excluding hydrogens is 200 g/mol. The number of aliphatic hydroxyl groups excluding tert-OH is 1. The molecule has 2 rings (SSSR count). The molecule has 3 nitrogen and oxygen atoms in total. The third-order valence-corrected chi connectivity index (χ3v) is 2.97. The summed E-state index contributed by atoms with van der Waals surface area (Å²) < 4.78 is 1.89. The van der Waals surface area contributed by atoms with Gasteiger partial charge in [-0.1, -0.05) is 26.0 Å². The maximum absolute atomic E-state index is 9.18. The van der Waals surface area contributed by atoms with E-state index < -0.39 is 0 Å². The average molecular weight is 218 g/mol. The summed E-state index contributed by atoms with van der Waals surface area (Å²) in [5.74, 6) is 0.511. The number of rotatable bonds is 3. The molecule has 0 saturated carbocycles. The molecule has 1 heterocycles. The molecule has 0 radical (unpaired) electrons. The Morgan fingerprint density at radius 1 is 1.31 bits per heavy atom. The molecule has 1 aromatic heterocycles. The smallest absolute Gasteiger partial charge is 0.0729 e. The van der Waals surface area contributed by atoms with E-state index in [0.717, 1.165) is 10.9 Å². The van der Waals surface area contributed by atoms with Crippen LogP contribution in [0.15, 0.2) is 24.4 Å². The number of hydrogen-bond acceptors (Lipinski definition) is 2. The molecule has 0 aliphatic rings. The third kappa shape index (κ3) is 1.83. The molecular formula is C13H18N2O. The van der Waals surface area contributed by atoms with Gasteiger partial charge in [0.25, 0.3) is 0 Å². The van der Waals surface area contributed by atoms with Gasteiger partial charge in [-0.15, -0.1) is 0 Å². The summed E-state index contributed by atoms with van der Waals surface area (Å²) in [7, 11) is 0. The van der Waals surface area contributed by atoms with E-state index in [2.05, 4.69) is 37.1 Å². The highest BCUT2D eigenvalue weighted by molar-refractivity contribution is 5.79. The van der Waals surface area contributed by atoms with Crippen LogP contribution in [0.1, 0.15) is 38.3 Å². The van der Waals surface area contributed by atoms with Crippen molar-refractivity contribution in [3.63, 3.8) is 0 Å². The normalized spacial score (nSPS) is 13.6. The van der Waals surface area contributed by atoms with Crippen LogP contribution in [0, 0.1) is 0 Å². The van der Waals surface area contributed by atoms with Gasteiger partial charge in [-0.3, -0.25) is 4.68 Å². The zero-order valence-corrected chi connectivity index (χ0v) is 10.0. The molecule has 1 N–H and O–H groups in total. The summed E-state index contributed by atoms with van der Waals surface area (Å²) in [6, 6.07) is 6.43. The Kier molecular flexibility index (Phi) is 2.97. The second-order valence-electron chi connectivity index (χ2n) is 4.59. The summed E-state index contributed by atoms with van der Waals surface area (Å²) in [4.78, 5) is 0. The van der Waals surface area contributed by atoms with Crippen LogP contribution in [0.25, 0.3) is 10.9 Å². The van der Waals surface area contributed by atoms with E-state index in [-0.39, 0.29) is 12.6 Å². The van der Waals surface area contributed by atoms with Crippen molar-refractivity contribution >= 4 is 10.9 Å². The number of benzene rings is 1. The molecule has 0 fully saturated rings. The lowest BCUT2D eigenvalue weighted by Crippen LogP contribution is -2.10. The van der Waals surface area contributed by atoms with Gasteiger partial charge in [0.15, 0.2) is 0 Å². The molecule has 0 bridgehead atoms. The highest BCUT2D eigenvalue weighted by Crippen LogP contribution is 2.23. The molecule has 1 unspecified atom stereocenters. The molecule has 16 heavy (non-hydrogen) atoms. The summed E-state index contributed by atoms with van der Waals surface area (Å²) in [6.45, 7) is 6.44. The lowest BCUT2D eigenvalue weighted by molar-refractivity contribution is 0.233. The molecule has 0 spiro atoms. The largest absolute Gasteiger partial charge is 0.394 e. The van der Waals surface area contributed by atoms with Gasteiger partial charge in [-0.05, 0) is 24.5 Å². The Hall–Kier alpha value is -1.35. The van der Waals surface area contributed by atoms with E-state index in [9.17, 15) is 5.11 Å². The fourth-order valence-electron chi connectivity index (χ4n) is 1.84. The molecule has 0 saturated heterocycles. The van der Waals surface area contributed by atoms with Crippen LogP contribution in [0.2, 0.25) is 0 Å². The van der Waals surface area contributed by atoms with E-state index in [0.29, 0.717) is 5.92 Å². The van der Waals surface area contributed by atoms with Crippen molar-refractivity contribution in [3.8, 4) is 0 Å². The van der Waals surface area contributed by atoms with Gasteiger partial charge in [0.05, 0.1) is 24.4 Å². The van der Waals surface area contributed by atoms with Crippen LogP contribution < -0.4 is 0 Å². The average Bonchev–Trinajstić information content (AvgIpc) is 2.70. The van der Waals surface area contributed by atoms with Gasteiger partial charge in [0.1, 0.15) is 0 Å². The lowest BCUT2D eigenvalue weighted by atomic mass is 10.0. The Labute approximate surface area is 95.7 Å².